The topological polar surface area (TPSA) is 76.4 Å². The first-order valence-corrected chi connectivity index (χ1v) is 3.08. The van der Waals surface area contributed by atoms with E-state index in [1.165, 1.54) is 0 Å². The van der Waals surface area contributed by atoms with E-state index in [2.05, 4.69) is 17.5 Å². The van der Waals surface area contributed by atoms with E-state index in [0.29, 0.717) is 5.84 Å². The average molecular weight is 132 g/mol. The number of rotatable bonds is 3. The van der Waals surface area contributed by atoms with Crippen LogP contribution in [0.3, 0.4) is 0 Å². The van der Waals surface area contributed by atoms with E-state index in [1.807, 2.05) is 0 Å². The van der Waals surface area contributed by atoms with E-state index < -0.39 is 0 Å². The lowest BCUT2D eigenvalue weighted by molar-refractivity contribution is 0.804. The highest BCUT2D eigenvalue weighted by molar-refractivity contribution is 5.81. The van der Waals surface area contributed by atoms with Crippen LogP contribution >= 0.6 is 0 Å². The minimum absolute atomic E-state index is 0. The van der Waals surface area contributed by atoms with Gasteiger partial charge >= 0.3 is 0 Å². The number of nitrogens with one attached hydrogen (secondary N) is 1. The molecule has 0 fully saturated rings. The van der Waals surface area contributed by atoms with Crippen molar-refractivity contribution in [3.63, 3.8) is 0 Å². The van der Waals surface area contributed by atoms with Gasteiger partial charge in [0.2, 0.25) is 0 Å². The van der Waals surface area contributed by atoms with Gasteiger partial charge in [0, 0.05) is 7.85 Å². The first kappa shape index (κ1) is 8.23. The Morgan fingerprint density at radius 2 is 2.44 bits per heavy atom. The van der Waals surface area contributed by atoms with Crippen LogP contribution in [0.25, 0.3) is 0 Å². The molecule has 0 amide bonds. The van der Waals surface area contributed by atoms with E-state index in [0.717, 1.165) is 19.3 Å². The first-order chi connectivity index (χ1) is 4.35. The molecule has 0 aromatic rings. The fourth-order valence-electron chi connectivity index (χ4n) is 0.518. The minimum atomic E-state index is 0. The van der Waals surface area contributed by atoms with Crippen molar-refractivity contribution in [1.29, 1.82) is 0 Å². The molecule has 0 spiro atoms. The monoisotopic (exact) mass is 132 g/mol. The van der Waals surface area contributed by atoms with E-state index in [9.17, 15) is 0 Å². The van der Waals surface area contributed by atoms with Crippen molar-refractivity contribution in [2.45, 2.75) is 26.2 Å². The van der Waals surface area contributed by atoms with Gasteiger partial charge in [-0.2, -0.15) is 5.10 Å². The Morgan fingerprint density at radius 1 is 1.78 bits per heavy atom. The molecule has 0 saturated carbocycles. The van der Waals surface area contributed by atoms with Gasteiger partial charge in [-0.05, 0) is 6.42 Å². The Bertz CT molecular complexity index is 93.6. The van der Waals surface area contributed by atoms with Crippen LogP contribution < -0.4 is 17.1 Å². The third-order valence-corrected chi connectivity index (χ3v) is 1.09. The molecule has 0 saturated heterocycles. The summed E-state index contributed by atoms with van der Waals surface area (Å²) >= 11 is 0. The summed E-state index contributed by atoms with van der Waals surface area (Å²) < 4.78 is 0. The Kier molecular flexibility index (Phi) is 4.91. The van der Waals surface area contributed by atoms with Gasteiger partial charge in [0.1, 0.15) is 5.84 Å². The van der Waals surface area contributed by atoms with Crippen LogP contribution in [0.5, 0.6) is 0 Å². The largest absolute Gasteiger partial charge is 0.322 e. The van der Waals surface area contributed by atoms with Crippen molar-refractivity contribution in [1.82, 2.24) is 5.43 Å². The summed E-state index contributed by atoms with van der Waals surface area (Å²) in [5.41, 5.74) is 2.41. The molecule has 9 heavy (non-hydrogen) atoms. The number of nitrogens with two attached hydrogens (primary N) is 2. The highest BCUT2D eigenvalue weighted by Gasteiger charge is 1.91. The van der Waals surface area contributed by atoms with E-state index in [-0.39, 0.29) is 1.43 Å². The zero-order chi connectivity index (χ0) is 7.11. The van der Waals surface area contributed by atoms with E-state index >= 15 is 0 Å². The molecule has 0 radical (unpaired) electrons. The van der Waals surface area contributed by atoms with Gasteiger partial charge in [0.15, 0.2) is 0 Å². The standard InChI is InChI=1S/C5H14N4.H2/c1-2-3-4-5(8-6)9-7;/h2-4,6-7H2,1H3,(H,8,9);1H. The molecule has 0 aliphatic heterocycles. The van der Waals surface area contributed by atoms with Crippen molar-refractivity contribution in [2.75, 3.05) is 0 Å². The molecule has 0 bridgehead atoms. The van der Waals surface area contributed by atoms with Gasteiger partial charge in [-0.15, -0.1) is 0 Å². The molecule has 0 atom stereocenters. The summed E-state index contributed by atoms with van der Waals surface area (Å²) in [5, 5.41) is 3.42. The SMILES string of the molecule is CCCC/C(=N/N)NN.[HH]. The van der Waals surface area contributed by atoms with Gasteiger partial charge in [-0.3, -0.25) is 0 Å². The Labute approximate surface area is 56.7 Å². The molecular formula is C5H16N4. The smallest absolute Gasteiger partial charge is 0.135 e. The fourth-order valence-corrected chi connectivity index (χ4v) is 0.518. The van der Waals surface area contributed by atoms with Crippen LogP contribution in [0, 0.1) is 0 Å². The lowest BCUT2D eigenvalue weighted by Gasteiger charge is -2.00. The van der Waals surface area contributed by atoms with E-state index in [4.69, 9.17) is 11.7 Å². The molecule has 0 aliphatic carbocycles. The van der Waals surface area contributed by atoms with Gasteiger partial charge < -0.3 is 11.3 Å². The van der Waals surface area contributed by atoms with Gasteiger partial charge in [-0.25, -0.2) is 5.84 Å². The second kappa shape index (κ2) is 5.37. The summed E-state index contributed by atoms with van der Waals surface area (Å²) in [6.45, 7) is 2.10. The van der Waals surface area contributed by atoms with Crippen molar-refractivity contribution >= 4 is 5.84 Å². The van der Waals surface area contributed by atoms with Crippen LogP contribution in [0.2, 0.25) is 0 Å². The highest BCUT2D eigenvalue weighted by atomic mass is 15.3. The molecule has 0 aromatic heterocycles. The molecule has 56 valence electrons. The maximum atomic E-state index is 5.06. The number of hydrogen-bond acceptors (Lipinski definition) is 3. The van der Waals surface area contributed by atoms with Crippen LogP contribution in [-0.2, 0) is 0 Å². The Morgan fingerprint density at radius 3 is 2.78 bits per heavy atom. The summed E-state index contributed by atoms with van der Waals surface area (Å²) in [7, 11) is 0. The summed E-state index contributed by atoms with van der Waals surface area (Å²) in [5.74, 6) is 10.7. The second-order valence-electron chi connectivity index (χ2n) is 1.82. The summed E-state index contributed by atoms with van der Waals surface area (Å²) in [6.07, 6.45) is 3.03. The number of hydrogen-bond donors (Lipinski definition) is 3. The predicted octanol–water partition coefficient (Wildman–Crippen LogP) is 0.158. The summed E-state index contributed by atoms with van der Waals surface area (Å²) in [4.78, 5) is 0. The predicted molar refractivity (Wildman–Crippen MR) is 40.6 cm³/mol. The lowest BCUT2D eigenvalue weighted by atomic mass is 10.2. The average Bonchev–Trinajstić information content (AvgIpc) is 1.91. The molecule has 5 N–H and O–H groups in total. The van der Waals surface area contributed by atoms with Crippen LogP contribution in [-0.4, -0.2) is 5.84 Å². The highest BCUT2D eigenvalue weighted by Crippen LogP contribution is 1.92. The molecule has 0 aromatic carbocycles. The number of hydrazone groups is 1. The van der Waals surface area contributed by atoms with Crippen molar-refractivity contribution in [3.05, 3.63) is 0 Å². The normalized spacial score (nSPS) is 11.6. The third-order valence-electron chi connectivity index (χ3n) is 1.09. The molecular weight excluding hydrogens is 116 g/mol. The molecule has 0 aliphatic rings. The van der Waals surface area contributed by atoms with E-state index in [1.54, 1.807) is 0 Å². The second-order valence-corrected chi connectivity index (χ2v) is 1.82. The third kappa shape index (κ3) is 3.78. The van der Waals surface area contributed by atoms with Gasteiger partial charge in [-0.1, -0.05) is 13.3 Å². The molecule has 0 unspecified atom stereocenters. The number of unbranched alkanes of at least 4 members (excludes halogenated alkanes) is 1. The number of hydrazine groups is 1. The Balaban J connectivity index is 0. The fraction of sp³-hybridized carbons (Fsp3) is 0.800. The van der Waals surface area contributed by atoms with Crippen molar-refractivity contribution < 1.29 is 1.43 Å². The summed E-state index contributed by atoms with van der Waals surface area (Å²) in [6, 6.07) is 0. The number of amidine groups is 1. The zero-order valence-electron chi connectivity index (χ0n) is 5.72. The molecule has 0 rings (SSSR count). The van der Waals surface area contributed by atoms with Crippen LogP contribution in [0.4, 0.5) is 0 Å². The van der Waals surface area contributed by atoms with Crippen molar-refractivity contribution in [2.24, 2.45) is 16.8 Å². The zero-order valence-corrected chi connectivity index (χ0v) is 5.72. The quantitative estimate of drug-likeness (QED) is 0.221. The molecule has 4 heteroatoms. The minimum Gasteiger partial charge on any atom is -0.322 e. The maximum Gasteiger partial charge on any atom is 0.135 e. The van der Waals surface area contributed by atoms with Crippen LogP contribution in [0.1, 0.15) is 27.6 Å². The Hall–Kier alpha value is -0.770. The van der Waals surface area contributed by atoms with Gasteiger partial charge in [0.05, 0.1) is 0 Å². The molecule has 4 nitrogen and oxygen atoms in total. The first-order valence-electron chi connectivity index (χ1n) is 3.08. The number of nitrogens with zero attached hydrogens (tertiary/aromatic N) is 1. The maximum absolute atomic E-state index is 5.06. The molecule has 0 heterocycles. The van der Waals surface area contributed by atoms with Crippen molar-refractivity contribution in [3.8, 4) is 0 Å². The van der Waals surface area contributed by atoms with Crippen LogP contribution in [0.15, 0.2) is 5.10 Å². The lowest BCUT2D eigenvalue weighted by Crippen LogP contribution is -2.31. The van der Waals surface area contributed by atoms with Gasteiger partial charge in [0.25, 0.3) is 0 Å².